The summed E-state index contributed by atoms with van der Waals surface area (Å²) in [4.78, 5) is 34.6. The van der Waals surface area contributed by atoms with Gasteiger partial charge in [0.15, 0.2) is 5.65 Å². The lowest BCUT2D eigenvalue weighted by atomic mass is 9.97. The first-order valence-electron chi connectivity index (χ1n) is 11.2. The van der Waals surface area contributed by atoms with Gasteiger partial charge in [0, 0.05) is 26.7 Å². The van der Waals surface area contributed by atoms with Crippen molar-refractivity contribution in [1.82, 2.24) is 19.0 Å². The highest BCUT2D eigenvalue weighted by atomic mass is 16.6. The molecule has 4 heterocycles. The zero-order valence-electron chi connectivity index (χ0n) is 19.8. The first-order valence-corrected chi connectivity index (χ1v) is 11.2. The number of nitrogens with zero attached hydrogens (tertiary/aromatic N) is 5. The number of ether oxygens (including phenoxy) is 1. The SMILES string of the molecule is Cn1c(=O)n(CC(C)(C)C)c2ccc(N3CC4CCC(C3)N4C(=O)OC(C)(C)C)nc21. The molecule has 0 spiro atoms. The Morgan fingerprint density at radius 2 is 1.71 bits per heavy atom. The molecule has 4 rings (SSSR count). The van der Waals surface area contributed by atoms with Crippen molar-refractivity contribution in [3.63, 3.8) is 0 Å². The van der Waals surface area contributed by atoms with E-state index in [1.807, 2.05) is 42.4 Å². The van der Waals surface area contributed by atoms with E-state index in [2.05, 4.69) is 25.7 Å². The van der Waals surface area contributed by atoms with Gasteiger partial charge in [0.25, 0.3) is 0 Å². The van der Waals surface area contributed by atoms with Crippen molar-refractivity contribution in [3.05, 3.63) is 22.6 Å². The molecule has 2 aliphatic heterocycles. The largest absolute Gasteiger partial charge is 0.444 e. The Labute approximate surface area is 183 Å². The first kappa shape index (κ1) is 21.7. The molecule has 31 heavy (non-hydrogen) atoms. The standard InChI is InChI=1S/C23H35N5O3/c1-22(2,3)14-27-17-10-11-18(24-19(17)25(7)20(27)29)26-12-15-8-9-16(13-26)28(15)21(30)31-23(4,5)6/h10-11,15-16H,8-9,12-14H2,1-7H3. The molecule has 8 heteroatoms. The molecule has 2 saturated heterocycles. The molecule has 0 radical (unpaired) electrons. The number of amides is 1. The van der Waals surface area contributed by atoms with Crippen LogP contribution in [-0.2, 0) is 18.3 Å². The summed E-state index contributed by atoms with van der Waals surface area (Å²) in [5.41, 5.74) is 1.03. The number of aryl methyl sites for hydroxylation is 1. The normalized spacial score (nSPS) is 21.8. The smallest absolute Gasteiger partial charge is 0.410 e. The van der Waals surface area contributed by atoms with E-state index < -0.39 is 5.60 Å². The number of carbonyl (C=O) groups is 1. The van der Waals surface area contributed by atoms with Gasteiger partial charge in [-0.05, 0) is 51.2 Å². The van der Waals surface area contributed by atoms with Gasteiger partial charge < -0.3 is 9.64 Å². The quantitative estimate of drug-likeness (QED) is 0.732. The van der Waals surface area contributed by atoms with Crippen molar-refractivity contribution >= 4 is 23.1 Å². The average molecular weight is 430 g/mol. The van der Waals surface area contributed by atoms with Crippen molar-refractivity contribution in [2.75, 3.05) is 18.0 Å². The van der Waals surface area contributed by atoms with Crippen LogP contribution in [0.3, 0.4) is 0 Å². The number of rotatable bonds is 2. The Hall–Kier alpha value is -2.51. The Balaban J connectivity index is 1.59. The van der Waals surface area contributed by atoms with Crippen molar-refractivity contribution in [2.45, 2.75) is 78.6 Å². The molecule has 0 aromatic carbocycles. The number of carbonyl (C=O) groups excluding carboxylic acids is 1. The molecule has 2 aromatic heterocycles. The summed E-state index contributed by atoms with van der Waals surface area (Å²) in [6.45, 7) is 14.2. The van der Waals surface area contributed by atoms with Gasteiger partial charge in [0.1, 0.15) is 11.4 Å². The summed E-state index contributed by atoms with van der Waals surface area (Å²) in [6.07, 6.45) is 1.73. The maximum Gasteiger partial charge on any atom is 0.410 e. The zero-order valence-corrected chi connectivity index (χ0v) is 19.8. The van der Waals surface area contributed by atoms with E-state index in [4.69, 9.17) is 9.72 Å². The number of fused-ring (bicyclic) bond motifs is 3. The summed E-state index contributed by atoms with van der Waals surface area (Å²) in [6, 6.07) is 4.26. The predicted octanol–water partition coefficient (Wildman–Crippen LogP) is 3.37. The van der Waals surface area contributed by atoms with Gasteiger partial charge >= 0.3 is 11.8 Å². The Morgan fingerprint density at radius 3 is 2.26 bits per heavy atom. The number of pyridine rings is 1. The lowest BCUT2D eigenvalue weighted by Crippen LogP contribution is -2.57. The van der Waals surface area contributed by atoms with E-state index in [1.54, 1.807) is 11.6 Å². The molecule has 2 aliphatic rings. The lowest BCUT2D eigenvalue weighted by molar-refractivity contribution is 0.0123. The van der Waals surface area contributed by atoms with Gasteiger partial charge in [-0.2, -0.15) is 0 Å². The maximum atomic E-state index is 12.8. The van der Waals surface area contributed by atoms with Crippen LogP contribution in [0.1, 0.15) is 54.4 Å². The van der Waals surface area contributed by atoms with Crippen LogP contribution in [0.2, 0.25) is 0 Å². The van der Waals surface area contributed by atoms with Crippen LogP contribution in [0, 0.1) is 5.41 Å². The van der Waals surface area contributed by atoms with Crippen molar-refractivity contribution < 1.29 is 9.53 Å². The Morgan fingerprint density at radius 1 is 1.10 bits per heavy atom. The molecule has 2 unspecified atom stereocenters. The topological polar surface area (TPSA) is 72.6 Å². The summed E-state index contributed by atoms with van der Waals surface area (Å²) < 4.78 is 9.09. The van der Waals surface area contributed by atoms with Gasteiger partial charge in [-0.15, -0.1) is 0 Å². The second-order valence-corrected chi connectivity index (χ2v) is 11.2. The van der Waals surface area contributed by atoms with Crippen molar-refractivity contribution in [1.29, 1.82) is 0 Å². The van der Waals surface area contributed by atoms with E-state index in [0.717, 1.165) is 37.3 Å². The first-order chi connectivity index (χ1) is 14.3. The number of aromatic nitrogens is 3. The third-order valence-electron chi connectivity index (χ3n) is 6.01. The minimum atomic E-state index is -0.495. The molecule has 0 aliphatic carbocycles. The molecule has 0 N–H and O–H groups in total. The number of anilines is 1. The molecule has 1 amide bonds. The highest BCUT2D eigenvalue weighted by Gasteiger charge is 2.44. The van der Waals surface area contributed by atoms with Crippen LogP contribution in [0.4, 0.5) is 10.6 Å². The third-order valence-corrected chi connectivity index (χ3v) is 6.01. The second-order valence-electron chi connectivity index (χ2n) is 11.2. The fourth-order valence-corrected chi connectivity index (χ4v) is 4.77. The predicted molar refractivity (Wildman–Crippen MR) is 122 cm³/mol. The number of imidazole rings is 1. The number of piperazine rings is 1. The molecule has 0 saturated carbocycles. The van der Waals surface area contributed by atoms with Crippen LogP contribution < -0.4 is 10.6 Å². The Kier molecular flexibility index (Phi) is 5.10. The average Bonchev–Trinajstić information content (AvgIpc) is 3.04. The van der Waals surface area contributed by atoms with E-state index in [1.165, 1.54) is 0 Å². The summed E-state index contributed by atoms with van der Waals surface area (Å²) in [7, 11) is 1.78. The van der Waals surface area contributed by atoms with E-state index in [9.17, 15) is 9.59 Å². The van der Waals surface area contributed by atoms with Crippen LogP contribution in [-0.4, -0.2) is 55.9 Å². The molecule has 2 atom stereocenters. The highest BCUT2D eigenvalue weighted by Crippen LogP contribution is 2.34. The van der Waals surface area contributed by atoms with Gasteiger partial charge in [-0.3, -0.25) is 14.0 Å². The minimum Gasteiger partial charge on any atom is -0.444 e. The summed E-state index contributed by atoms with van der Waals surface area (Å²) >= 11 is 0. The molecular weight excluding hydrogens is 394 g/mol. The van der Waals surface area contributed by atoms with Gasteiger partial charge in [0.05, 0.1) is 17.6 Å². The maximum absolute atomic E-state index is 12.8. The summed E-state index contributed by atoms with van der Waals surface area (Å²) in [5, 5.41) is 0. The molecule has 170 valence electrons. The summed E-state index contributed by atoms with van der Waals surface area (Å²) in [5.74, 6) is 0.858. The second kappa shape index (κ2) is 7.28. The van der Waals surface area contributed by atoms with Crippen LogP contribution >= 0.6 is 0 Å². The van der Waals surface area contributed by atoms with E-state index in [-0.39, 0.29) is 29.3 Å². The molecule has 2 bridgehead atoms. The number of hydrogen-bond donors (Lipinski definition) is 0. The van der Waals surface area contributed by atoms with Crippen molar-refractivity contribution in [3.8, 4) is 0 Å². The van der Waals surface area contributed by atoms with Gasteiger partial charge in [-0.25, -0.2) is 14.6 Å². The molecule has 2 fully saturated rings. The zero-order chi connectivity index (χ0) is 22.7. The van der Waals surface area contributed by atoms with Crippen LogP contribution in [0.25, 0.3) is 11.2 Å². The lowest BCUT2D eigenvalue weighted by Gasteiger charge is -2.41. The molecule has 2 aromatic rings. The molecule has 8 nitrogen and oxygen atoms in total. The van der Waals surface area contributed by atoms with Gasteiger partial charge in [-0.1, -0.05) is 20.8 Å². The van der Waals surface area contributed by atoms with Crippen molar-refractivity contribution in [2.24, 2.45) is 12.5 Å². The van der Waals surface area contributed by atoms with E-state index in [0.29, 0.717) is 12.2 Å². The molecular formula is C23H35N5O3. The van der Waals surface area contributed by atoms with Crippen LogP contribution in [0.15, 0.2) is 16.9 Å². The van der Waals surface area contributed by atoms with E-state index >= 15 is 0 Å². The minimum absolute atomic E-state index is 0.00598. The van der Waals surface area contributed by atoms with Crippen LogP contribution in [0.5, 0.6) is 0 Å². The third kappa shape index (κ3) is 4.16. The fraction of sp³-hybridized carbons (Fsp3) is 0.696. The fourth-order valence-electron chi connectivity index (χ4n) is 4.77. The Bertz CT molecular complexity index is 1040. The highest BCUT2D eigenvalue weighted by molar-refractivity contribution is 5.75. The monoisotopic (exact) mass is 429 g/mol. The number of hydrogen-bond acceptors (Lipinski definition) is 5. The van der Waals surface area contributed by atoms with Gasteiger partial charge in [0.2, 0.25) is 0 Å².